The van der Waals surface area contributed by atoms with Crippen LogP contribution in [-0.2, 0) is 16.1 Å². The summed E-state index contributed by atoms with van der Waals surface area (Å²) >= 11 is 0. The lowest BCUT2D eigenvalue weighted by Crippen LogP contribution is -2.57. The summed E-state index contributed by atoms with van der Waals surface area (Å²) in [7, 11) is 0. The molecule has 0 spiro atoms. The van der Waals surface area contributed by atoms with Gasteiger partial charge < -0.3 is 20.3 Å². The third-order valence-corrected chi connectivity index (χ3v) is 2.73. The van der Waals surface area contributed by atoms with E-state index >= 15 is 0 Å². The lowest BCUT2D eigenvalue weighted by atomic mass is 9.97. The summed E-state index contributed by atoms with van der Waals surface area (Å²) in [6, 6.07) is 8.96. The molecule has 0 heterocycles. The number of aliphatic hydroxyl groups excluding tert-OH is 1. The van der Waals surface area contributed by atoms with Crippen LogP contribution in [0.1, 0.15) is 12.0 Å². The number of benzene rings is 1. The van der Waals surface area contributed by atoms with Crippen molar-refractivity contribution in [2.24, 2.45) is 0 Å². The van der Waals surface area contributed by atoms with Crippen LogP contribution in [0.15, 0.2) is 43.0 Å². The van der Waals surface area contributed by atoms with Crippen molar-refractivity contribution in [3.8, 4) is 0 Å². The Bertz CT molecular complexity index is 474. The molecule has 1 aromatic carbocycles. The summed E-state index contributed by atoms with van der Waals surface area (Å²) in [5, 5.41) is 20.5. The molecule has 0 saturated carbocycles. The molecule has 0 radical (unpaired) electrons. The van der Waals surface area contributed by atoms with Gasteiger partial charge in [-0.05, 0) is 5.56 Å². The van der Waals surface area contributed by atoms with Crippen LogP contribution in [0.25, 0.3) is 0 Å². The number of hydrogen-bond donors (Lipinski definition) is 3. The second-order valence-corrected chi connectivity index (χ2v) is 4.22. The van der Waals surface area contributed by atoms with Gasteiger partial charge in [0, 0.05) is 6.42 Å². The molecule has 0 aliphatic heterocycles. The molecule has 0 aliphatic rings. The highest BCUT2D eigenvalue weighted by molar-refractivity contribution is 5.84. The van der Waals surface area contributed by atoms with Crippen LogP contribution < -0.4 is 5.32 Å². The van der Waals surface area contributed by atoms with E-state index in [2.05, 4.69) is 11.9 Å². The van der Waals surface area contributed by atoms with Crippen LogP contribution >= 0.6 is 0 Å². The fourth-order valence-corrected chi connectivity index (χ4v) is 1.56. The number of hydrogen-bond acceptors (Lipinski definition) is 4. The van der Waals surface area contributed by atoms with Crippen molar-refractivity contribution in [1.82, 2.24) is 5.32 Å². The van der Waals surface area contributed by atoms with E-state index in [1.165, 1.54) is 6.08 Å². The molecule has 1 atom stereocenters. The SMILES string of the molecule is C=CC[C@@](CO)(NC(=O)OCc1ccccc1)C(=O)O. The van der Waals surface area contributed by atoms with Gasteiger partial charge in [0.15, 0.2) is 5.54 Å². The molecule has 1 amide bonds. The van der Waals surface area contributed by atoms with Crippen molar-refractivity contribution in [3.05, 3.63) is 48.6 Å². The summed E-state index contributed by atoms with van der Waals surface area (Å²) in [5.74, 6) is -1.35. The Labute approximate surface area is 116 Å². The van der Waals surface area contributed by atoms with Crippen molar-refractivity contribution in [2.75, 3.05) is 6.61 Å². The third kappa shape index (κ3) is 4.10. The zero-order valence-corrected chi connectivity index (χ0v) is 10.9. The number of carboxylic acid groups (broad SMARTS) is 1. The molecule has 6 nitrogen and oxygen atoms in total. The summed E-state index contributed by atoms with van der Waals surface area (Å²) in [6.45, 7) is 2.67. The van der Waals surface area contributed by atoms with Crippen LogP contribution in [0, 0.1) is 0 Å². The largest absolute Gasteiger partial charge is 0.479 e. The van der Waals surface area contributed by atoms with Crippen molar-refractivity contribution < 1.29 is 24.5 Å². The van der Waals surface area contributed by atoms with Crippen LogP contribution in [0.5, 0.6) is 0 Å². The number of alkyl carbamates (subject to hydrolysis) is 1. The van der Waals surface area contributed by atoms with Crippen LogP contribution in [-0.4, -0.2) is 34.4 Å². The standard InChI is InChI=1S/C14H17NO5/c1-2-8-14(10-16,12(17)18)15-13(19)20-9-11-6-4-3-5-7-11/h2-7,16H,1,8-10H2,(H,15,19)(H,17,18)/t14-/m0/s1. The van der Waals surface area contributed by atoms with Gasteiger partial charge >= 0.3 is 12.1 Å². The zero-order chi connectivity index (χ0) is 15.0. The number of aliphatic carboxylic acids is 1. The molecule has 108 valence electrons. The van der Waals surface area contributed by atoms with Gasteiger partial charge in [-0.2, -0.15) is 0 Å². The smallest absolute Gasteiger partial charge is 0.408 e. The van der Waals surface area contributed by atoms with Crippen molar-refractivity contribution in [1.29, 1.82) is 0 Å². The first-order chi connectivity index (χ1) is 9.54. The lowest BCUT2D eigenvalue weighted by Gasteiger charge is -2.26. The van der Waals surface area contributed by atoms with Gasteiger partial charge in [-0.25, -0.2) is 9.59 Å². The first kappa shape index (κ1) is 15.7. The normalized spacial score (nSPS) is 13.1. The molecule has 0 aliphatic carbocycles. The van der Waals surface area contributed by atoms with E-state index in [0.717, 1.165) is 5.56 Å². The van der Waals surface area contributed by atoms with Gasteiger partial charge in [-0.3, -0.25) is 0 Å². The molecule has 3 N–H and O–H groups in total. The number of carboxylic acids is 1. The van der Waals surface area contributed by atoms with Crippen molar-refractivity contribution in [2.45, 2.75) is 18.6 Å². The summed E-state index contributed by atoms with van der Waals surface area (Å²) in [6.07, 6.45) is 0.285. The maximum Gasteiger partial charge on any atom is 0.408 e. The Kier molecular flexibility index (Phi) is 5.74. The predicted molar refractivity (Wildman–Crippen MR) is 72.0 cm³/mol. The molecule has 0 bridgehead atoms. The van der Waals surface area contributed by atoms with E-state index in [0.29, 0.717) is 0 Å². The van der Waals surface area contributed by atoms with Gasteiger partial charge in [-0.15, -0.1) is 6.58 Å². The van der Waals surface area contributed by atoms with E-state index < -0.39 is 24.2 Å². The lowest BCUT2D eigenvalue weighted by molar-refractivity contribution is -0.146. The number of ether oxygens (including phenoxy) is 1. The third-order valence-electron chi connectivity index (χ3n) is 2.73. The fourth-order valence-electron chi connectivity index (χ4n) is 1.56. The topological polar surface area (TPSA) is 95.9 Å². The second kappa shape index (κ2) is 7.30. The van der Waals surface area contributed by atoms with Gasteiger partial charge in [0.25, 0.3) is 0 Å². The van der Waals surface area contributed by atoms with E-state index in [1.807, 2.05) is 6.07 Å². The Morgan fingerprint density at radius 3 is 2.50 bits per heavy atom. The van der Waals surface area contributed by atoms with Crippen molar-refractivity contribution in [3.63, 3.8) is 0 Å². The molecule has 20 heavy (non-hydrogen) atoms. The average Bonchev–Trinajstić information content (AvgIpc) is 2.45. The highest BCUT2D eigenvalue weighted by Gasteiger charge is 2.39. The highest BCUT2D eigenvalue weighted by Crippen LogP contribution is 2.12. The monoisotopic (exact) mass is 279 g/mol. The minimum Gasteiger partial charge on any atom is -0.479 e. The Balaban J connectivity index is 2.62. The molecule has 0 fully saturated rings. The first-order valence-electron chi connectivity index (χ1n) is 5.98. The number of aliphatic hydroxyl groups is 1. The molecular formula is C14H17NO5. The minimum absolute atomic E-state index is 0.0158. The van der Waals surface area contributed by atoms with Gasteiger partial charge in [0.05, 0.1) is 6.61 Å². The number of carbonyl (C=O) groups excluding carboxylic acids is 1. The van der Waals surface area contributed by atoms with Gasteiger partial charge in [-0.1, -0.05) is 36.4 Å². The molecule has 0 aromatic heterocycles. The zero-order valence-electron chi connectivity index (χ0n) is 10.9. The number of nitrogens with one attached hydrogen (secondary N) is 1. The summed E-state index contributed by atoms with van der Waals surface area (Å²) < 4.78 is 4.92. The van der Waals surface area contributed by atoms with Gasteiger partial charge in [0.2, 0.25) is 0 Å². The molecule has 1 aromatic rings. The molecule has 0 saturated heterocycles. The maximum atomic E-state index is 11.6. The number of amides is 1. The Hall–Kier alpha value is -2.34. The first-order valence-corrected chi connectivity index (χ1v) is 5.98. The maximum absolute atomic E-state index is 11.6. The Morgan fingerprint density at radius 2 is 2.00 bits per heavy atom. The van der Waals surface area contributed by atoms with Crippen LogP contribution in [0.4, 0.5) is 4.79 Å². The molecule has 6 heteroatoms. The van der Waals surface area contributed by atoms with E-state index in [4.69, 9.17) is 9.84 Å². The molecule has 0 unspecified atom stereocenters. The fraction of sp³-hybridized carbons (Fsp3) is 0.286. The molecular weight excluding hydrogens is 262 g/mol. The highest BCUT2D eigenvalue weighted by atomic mass is 16.5. The van der Waals surface area contributed by atoms with E-state index in [9.17, 15) is 14.7 Å². The van der Waals surface area contributed by atoms with E-state index in [-0.39, 0.29) is 13.0 Å². The second-order valence-electron chi connectivity index (χ2n) is 4.22. The van der Waals surface area contributed by atoms with Crippen molar-refractivity contribution >= 4 is 12.1 Å². The predicted octanol–water partition coefficient (Wildman–Crippen LogP) is 1.30. The number of carbonyl (C=O) groups is 2. The average molecular weight is 279 g/mol. The number of rotatable bonds is 7. The minimum atomic E-state index is -1.81. The summed E-state index contributed by atoms with van der Waals surface area (Å²) in [5.41, 5.74) is -1.04. The quantitative estimate of drug-likeness (QED) is 0.654. The molecule has 1 rings (SSSR count). The summed E-state index contributed by atoms with van der Waals surface area (Å²) in [4.78, 5) is 22.8. The van der Waals surface area contributed by atoms with E-state index in [1.54, 1.807) is 24.3 Å². The van der Waals surface area contributed by atoms with Crippen LogP contribution in [0.3, 0.4) is 0 Å². The Morgan fingerprint density at radius 1 is 1.35 bits per heavy atom. The van der Waals surface area contributed by atoms with Crippen LogP contribution in [0.2, 0.25) is 0 Å². The van der Waals surface area contributed by atoms with Gasteiger partial charge in [0.1, 0.15) is 6.61 Å².